The number of hydrogen-bond donors (Lipinski definition) is 3. The number of carboxylic acid groups (broad SMARTS) is 1. The van der Waals surface area contributed by atoms with Crippen LogP contribution >= 0.6 is 0 Å². The van der Waals surface area contributed by atoms with Crippen molar-refractivity contribution in [3.8, 4) is 17.2 Å². The van der Waals surface area contributed by atoms with Gasteiger partial charge in [-0.2, -0.15) is 0 Å². The van der Waals surface area contributed by atoms with Gasteiger partial charge in [-0.25, -0.2) is 0 Å². The molecule has 0 amide bonds. The fourth-order valence-electron chi connectivity index (χ4n) is 2.91. The number of nitrogens with one attached hydrogen (secondary N) is 1. The molecule has 7 heteroatoms. The topological polar surface area (TPSA) is 109 Å². The minimum Gasteiger partial charge on any atom is -0.507 e. The smallest absolute Gasteiger partial charge is 0.320 e. The van der Waals surface area contributed by atoms with E-state index in [4.69, 9.17) is 9.15 Å². The zero-order valence-electron chi connectivity index (χ0n) is 15.5. The number of ether oxygens (including phenoxy) is 1. The average Bonchev–Trinajstić information content (AvgIpc) is 2.66. The predicted octanol–water partition coefficient (Wildman–Crippen LogP) is 3.49. The van der Waals surface area contributed by atoms with Gasteiger partial charge in [0.15, 0.2) is 0 Å². The number of carboxylic acids is 1. The van der Waals surface area contributed by atoms with Gasteiger partial charge in [-0.15, -0.1) is 0 Å². The van der Waals surface area contributed by atoms with Gasteiger partial charge in [0.1, 0.15) is 29.4 Å². The van der Waals surface area contributed by atoms with Crippen LogP contribution in [0.4, 0.5) is 0 Å². The van der Waals surface area contributed by atoms with Crippen LogP contribution in [0.15, 0.2) is 57.9 Å². The third-order valence-electron chi connectivity index (χ3n) is 4.39. The van der Waals surface area contributed by atoms with Gasteiger partial charge in [0, 0.05) is 6.54 Å². The lowest BCUT2D eigenvalue weighted by molar-refractivity contribution is -0.140. The number of aromatic hydroxyl groups is 1. The highest BCUT2D eigenvalue weighted by Gasteiger charge is 2.22. The van der Waals surface area contributed by atoms with Crippen molar-refractivity contribution >= 4 is 16.9 Å². The summed E-state index contributed by atoms with van der Waals surface area (Å²) in [7, 11) is 0. The summed E-state index contributed by atoms with van der Waals surface area (Å²) in [6.07, 6.45) is 1.19. The molecule has 0 spiro atoms. The molecule has 3 N–H and O–H groups in total. The molecule has 1 atom stereocenters. The summed E-state index contributed by atoms with van der Waals surface area (Å²) in [6, 6.07) is 10.9. The number of benzene rings is 2. The molecule has 146 valence electrons. The van der Waals surface area contributed by atoms with Crippen LogP contribution in [0.3, 0.4) is 0 Å². The fraction of sp³-hybridized carbons (Fsp3) is 0.238. The largest absolute Gasteiger partial charge is 0.507 e. The Morgan fingerprint density at radius 1 is 1.18 bits per heavy atom. The Kier molecular flexibility index (Phi) is 5.65. The summed E-state index contributed by atoms with van der Waals surface area (Å²) >= 11 is 0. The number of hydrogen-bond acceptors (Lipinski definition) is 6. The second-order valence-electron chi connectivity index (χ2n) is 6.72. The maximum atomic E-state index is 12.8. The molecular formula is C21H21NO6. The maximum absolute atomic E-state index is 12.8. The highest BCUT2D eigenvalue weighted by Crippen LogP contribution is 2.28. The highest BCUT2D eigenvalue weighted by atomic mass is 16.5. The average molecular weight is 383 g/mol. The Morgan fingerprint density at radius 3 is 2.54 bits per heavy atom. The van der Waals surface area contributed by atoms with E-state index in [2.05, 4.69) is 5.32 Å². The first-order valence-corrected chi connectivity index (χ1v) is 8.84. The summed E-state index contributed by atoms with van der Waals surface area (Å²) in [5.41, 5.74) is 0.114. The van der Waals surface area contributed by atoms with E-state index >= 15 is 0 Å². The van der Waals surface area contributed by atoms with Crippen molar-refractivity contribution in [2.24, 2.45) is 5.92 Å². The monoisotopic (exact) mass is 383 g/mol. The second kappa shape index (κ2) is 8.14. The van der Waals surface area contributed by atoms with Crippen LogP contribution in [0.1, 0.15) is 19.4 Å². The lowest BCUT2D eigenvalue weighted by Crippen LogP contribution is -2.40. The van der Waals surface area contributed by atoms with Crippen LogP contribution in [0.5, 0.6) is 17.2 Å². The summed E-state index contributed by atoms with van der Waals surface area (Å²) in [5.74, 6) is -0.722. The van der Waals surface area contributed by atoms with Crippen molar-refractivity contribution < 1.29 is 24.2 Å². The number of carbonyl (C=O) groups is 1. The molecule has 7 nitrogen and oxygen atoms in total. The summed E-state index contributed by atoms with van der Waals surface area (Å²) in [5, 5.41) is 22.6. The number of rotatable bonds is 7. The van der Waals surface area contributed by atoms with Gasteiger partial charge in [-0.05, 0) is 30.2 Å². The van der Waals surface area contributed by atoms with E-state index in [-0.39, 0.29) is 40.4 Å². The molecule has 3 rings (SSSR count). The van der Waals surface area contributed by atoms with Gasteiger partial charge in [-0.3, -0.25) is 14.9 Å². The maximum Gasteiger partial charge on any atom is 0.320 e. The molecular weight excluding hydrogens is 362 g/mol. The molecule has 0 aliphatic rings. The molecule has 2 aromatic carbocycles. The zero-order valence-corrected chi connectivity index (χ0v) is 15.5. The van der Waals surface area contributed by atoms with Crippen molar-refractivity contribution in [3.63, 3.8) is 0 Å². The van der Waals surface area contributed by atoms with Crippen LogP contribution in [0, 0.1) is 5.92 Å². The first-order valence-electron chi connectivity index (χ1n) is 8.84. The predicted molar refractivity (Wildman–Crippen MR) is 104 cm³/mol. The van der Waals surface area contributed by atoms with Crippen molar-refractivity contribution in [3.05, 3.63) is 64.5 Å². The van der Waals surface area contributed by atoms with Gasteiger partial charge >= 0.3 is 5.97 Å². The normalized spacial score (nSPS) is 12.2. The van der Waals surface area contributed by atoms with Gasteiger partial charge in [-0.1, -0.05) is 32.0 Å². The fourth-order valence-corrected chi connectivity index (χ4v) is 2.91. The Bertz CT molecular complexity index is 1040. The minimum atomic E-state index is -0.991. The van der Waals surface area contributed by atoms with Crippen LogP contribution in [0.25, 0.3) is 11.0 Å². The lowest BCUT2D eigenvalue weighted by Gasteiger charge is -2.18. The molecule has 0 saturated carbocycles. The Morgan fingerprint density at radius 2 is 1.89 bits per heavy atom. The van der Waals surface area contributed by atoms with Crippen molar-refractivity contribution in [2.45, 2.75) is 26.4 Å². The standard InChI is InChI=1S/C21H21NO6/c1-12(2)18(21(25)26)22-10-15-16(23)9-8-14-19(24)17(11-27-20(14)15)28-13-6-4-3-5-7-13/h3-9,11-12,18,22-23H,10H2,1-2H3,(H,25,26). The second-order valence-corrected chi connectivity index (χ2v) is 6.72. The molecule has 28 heavy (non-hydrogen) atoms. The van der Waals surface area contributed by atoms with Gasteiger partial charge < -0.3 is 19.4 Å². The van der Waals surface area contributed by atoms with Crippen LogP contribution in [-0.4, -0.2) is 22.2 Å². The Balaban J connectivity index is 1.96. The number of para-hydroxylation sites is 1. The van der Waals surface area contributed by atoms with E-state index in [0.29, 0.717) is 11.3 Å². The van der Waals surface area contributed by atoms with Crippen LogP contribution < -0.4 is 15.5 Å². The summed E-state index contributed by atoms with van der Waals surface area (Å²) in [4.78, 5) is 24.1. The lowest BCUT2D eigenvalue weighted by atomic mass is 10.0. The van der Waals surface area contributed by atoms with Crippen LogP contribution in [0.2, 0.25) is 0 Å². The Labute approximate surface area is 161 Å². The molecule has 0 aliphatic carbocycles. The molecule has 0 saturated heterocycles. The third-order valence-corrected chi connectivity index (χ3v) is 4.39. The van der Waals surface area contributed by atoms with E-state index in [9.17, 15) is 19.8 Å². The minimum absolute atomic E-state index is 0.0221. The molecule has 0 bridgehead atoms. The summed E-state index contributed by atoms with van der Waals surface area (Å²) < 4.78 is 11.2. The molecule has 0 radical (unpaired) electrons. The molecule has 1 unspecified atom stereocenters. The van der Waals surface area contributed by atoms with Gasteiger partial charge in [0.05, 0.1) is 10.9 Å². The van der Waals surface area contributed by atoms with E-state index in [1.54, 1.807) is 38.1 Å². The van der Waals surface area contributed by atoms with E-state index in [1.165, 1.54) is 18.4 Å². The van der Waals surface area contributed by atoms with Crippen molar-refractivity contribution in [1.29, 1.82) is 0 Å². The molecule has 1 heterocycles. The Hall–Kier alpha value is -3.32. The van der Waals surface area contributed by atoms with Gasteiger partial charge in [0.25, 0.3) is 0 Å². The number of phenolic OH excluding ortho intramolecular Hbond substituents is 1. The number of phenols is 1. The van der Waals surface area contributed by atoms with Gasteiger partial charge in [0.2, 0.25) is 11.2 Å². The molecule has 3 aromatic rings. The number of fused-ring (bicyclic) bond motifs is 1. The number of aliphatic carboxylic acids is 1. The van der Waals surface area contributed by atoms with Crippen molar-refractivity contribution in [1.82, 2.24) is 5.32 Å². The van der Waals surface area contributed by atoms with Crippen LogP contribution in [-0.2, 0) is 11.3 Å². The molecule has 0 fully saturated rings. The zero-order chi connectivity index (χ0) is 20.3. The molecule has 1 aromatic heterocycles. The molecule has 0 aliphatic heterocycles. The third kappa shape index (κ3) is 3.99. The first kappa shape index (κ1) is 19.4. The highest BCUT2D eigenvalue weighted by molar-refractivity contribution is 5.83. The van der Waals surface area contributed by atoms with E-state index in [0.717, 1.165) is 0 Å². The quantitative estimate of drug-likeness (QED) is 0.573. The van der Waals surface area contributed by atoms with Crippen molar-refractivity contribution in [2.75, 3.05) is 0 Å². The summed E-state index contributed by atoms with van der Waals surface area (Å²) in [6.45, 7) is 3.59. The van der Waals surface area contributed by atoms with E-state index in [1.807, 2.05) is 6.07 Å². The van der Waals surface area contributed by atoms with E-state index < -0.39 is 12.0 Å². The SMILES string of the molecule is CC(C)C(NCc1c(O)ccc2c(=O)c(Oc3ccccc3)coc12)C(=O)O. The first-order chi connectivity index (χ1) is 13.4.